The summed E-state index contributed by atoms with van der Waals surface area (Å²) in [6.07, 6.45) is 7.44. The molecule has 3 aromatic rings. The first-order chi connectivity index (χ1) is 13.7. The molecule has 1 aromatic carbocycles. The van der Waals surface area contributed by atoms with Crippen LogP contribution < -0.4 is 10.2 Å². The largest absolute Gasteiger partial charge is 0.356 e. The second-order valence-electron chi connectivity index (χ2n) is 7.22. The summed E-state index contributed by atoms with van der Waals surface area (Å²) in [5.41, 5.74) is 1.95. The molecule has 1 unspecified atom stereocenters. The molecule has 0 aliphatic carbocycles. The number of piperidine rings is 1. The standard InChI is InChI=1S/C22H25N5O/c1-17-23-12-14-26(17)15-18-7-2-3-9-20(18)25-22(28)19-8-6-13-27(16-19)21-10-4-5-11-24-21/h2-5,7,9-12,14,19H,6,8,13,15-16H2,1H3,(H,25,28). The zero-order valence-electron chi connectivity index (χ0n) is 16.1. The van der Waals surface area contributed by atoms with Gasteiger partial charge < -0.3 is 14.8 Å². The van der Waals surface area contributed by atoms with Crippen molar-refractivity contribution in [2.24, 2.45) is 5.92 Å². The van der Waals surface area contributed by atoms with Gasteiger partial charge in [0.1, 0.15) is 11.6 Å². The monoisotopic (exact) mass is 375 g/mol. The molecule has 2 aromatic heterocycles. The van der Waals surface area contributed by atoms with Crippen LogP contribution in [0.15, 0.2) is 61.1 Å². The van der Waals surface area contributed by atoms with Gasteiger partial charge in [-0.05, 0) is 43.5 Å². The average Bonchev–Trinajstić information content (AvgIpc) is 3.14. The summed E-state index contributed by atoms with van der Waals surface area (Å²) in [6.45, 7) is 4.31. The number of pyridine rings is 1. The van der Waals surface area contributed by atoms with Crippen LogP contribution in [0.3, 0.4) is 0 Å². The van der Waals surface area contributed by atoms with Gasteiger partial charge in [0.05, 0.1) is 12.5 Å². The number of hydrogen-bond donors (Lipinski definition) is 1. The highest BCUT2D eigenvalue weighted by molar-refractivity contribution is 5.93. The molecule has 1 saturated heterocycles. The number of rotatable bonds is 5. The predicted molar refractivity (Wildman–Crippen MR) is 110 cm³/mol. The Balaban J connectivity index is 1.46. The highest BCUT2D eigenvalue weighted by atomic mass is 16.1. The summed E-state index contributed by atoms with van der Waals surface area (Å²) in [6, 6.07) is 13.9. The van der Waals surface area contributed by atoms with E-state index in [0.717, 1.165) is 42.3 Å². The smallest absolute Gasteiger partial charge is 0.229 e. The lowest BCUT2D eigenvalue weighted by Gasteiger charge is -2.33. The highest BCUT2D eigenvalue weighted by Gasteiger charge is 2.26. The second-order valence-corrected chi connectivity index (χ2v) is 7.22. The van der Waals surface area contributed by atoms with Crippen LogP contribution in [0.1, 0.15) is 24.2 Å². The van der Waals surface area contributed by atoms with E-state index in [-0.39, 0.29) is 11.8 Å². The molecule has 6 heteroatoms. The van der Waals surface area contributed by atoms with Gasteiger partial charge in [0.15, 0.2) is 0 Å². The lowest BCUT2D eigenvalue weighted by atomic mass is 9.96. The topological polar surface area (TPSA) is 63.1 Å². The molecule has 1 atom stereocenters. The third-order valence-electron chi connectivity index (χ3n) is 5.31. The molecule has 1 aliphatic heterocycles. The minimum Gasteiger partial charge on any atom is -0.356 e. The number of aryl methyl sites for hydroxylation is 1. The Morgan fingerprint density at radius 1 is 1.14 bits per heavy atom. The SMILES string of the molecule is Cc1nccn1Cc1ccccc1NC(=O)C1CCCN(c2ccccn2)C1. The number of para-hydroxylation sites is 1. The molecule has 6 nitrogen and oxygen atoms in total. The van der Waals surface area contributed by atoms with Crippen molar-refractivity contribution in [1.82, 2.24) is 14.5 Å². The molecule has 0 spiro atoms. The number of nitrogens with one attached hydrogen (secondary N) is 1. The summed E-state index contributed by atoms with van der Waals surface area (Å²) in [5.74, 6) is 1.93. The van der Waals surface area contributed by atoms with E-state index in [2.05, 4.69) is 30.8 Å². The number of nitrogens with zero attached hydrogens (tertiary/aromatic N) is 4. The fourth-order valence-corrected chi connectivity index (χ4v) is 3.71. The van der Waals surface area contributed by atoms with Crippen molar-refractivity contribution in [1.29, 1.82) is 0 Å². The van der Waals surface area contributed by atoms with Gasteiger partial charge in [-0.3, -0.25) is 4.79 Å². The third-order valence-corrected chi connectivity index (χ3v) is 5.31. The first-order valence-corrected chi connectivity index (χ1v) is 9.73. The number of anilines is 2. The Labute approximate surface area is 165 Å². The molecule has 28 heavy (non-hydrogen) atoms. The molecule has 0 saturated carbocycles. The van der Waals surface area contributed by atoms with Gasteiger partial charge in [0.25, 0.3) is 0 Å². The van der Waals surface area contributed by atoms with Crippen LogP contribution in [0.5, 0.6) is 0 Å². The maximum absolute atomic E-state index is 13.0. The molecular formula is C22H25N5O. The number of carbonyl (C=O) groups excluding carboxylic acids is 1. The number of amides is 1. The van der Waals surface area contributed by atoms with Crippen molar-refractivity contribution in [3.8, 4) is 0 Å². The Kier molecular flexibility index (Phi) is 5.37. The molecule has 1 aliphatic rings. The van der Waals surface area contributed by atoms with Crippen LogP contribution >= 0.6 is 0 Å². The van der Waals surface area contributed by atoms with E-state index >= 15 is 0 Å². The van der Waals surface area contributed by atoms with Crippen molar-refractivity contribution in [3.05, 3.63) is 72.4 Å². The second kappa shape index (κ2) is 8.25. The quantitative estimate of drug-likeness (QED) is 0.741. The molecule has 3 heterocycles. The number of aromatic nitrogens is 3. The Hall–Kier alpha value is -3.15. The van der Waals surface area contributed by atoms with E-state index in [1.165, 1.54) is 0 Å². The third kappa shape index (κ3) is 4.06. The molecule has 0 bridgehead atoms. The lowest BCUT2D eigenvalue weighted by molar-refractivity contribution is -0.120. The lowest BCUT2D eigenvalue weighted by Crippen LogP contribution is -2.41. The zero-order chi connectivity index (χ0) is 19.3. The fourth-order valence-electron chi connectivity index (χ4n) is 3.71. The molecular weight excluding hydrogens is 350 g/mol. The van der Waals surface area contributed by atoms with Crippen molar-refractivity contribution >= 4 is 17.4 Å². The maximum atomic E-state index is 13.0. The van der Waals surface area contributed by atoms with Crippen molar-refractivity contribution in [2.45, 2.75) is 26.3 Å². The minimum absolute atomic E-state index is 0.0428. The number of hydrogen-bond acceptors (Lipinski definition) is 4. The molecule has 1 N–H and O–H groups in total. The predicted octanol–water partition coefficient (Wildman–Crippen LogP) is 3.49. The van der Waals surface area contributed by atoms with Crippen molar-refractivity contribution in [3.63, 3.8) is 0 Å². The minimum atomic E-state index is -0.0428. The first-order valence-electron chi connectivity index (χ1n) is 9.73. The summed E-state index contributed by atoms with van der Waals surface area (Å²) in [7, 11) is 0. The molecule has 0 radical (unpaired) electrons. The van der Waals surface area contributed by atoms with E-state index in [1.807, 2.05) is 49.5 Å². The van der Waals surface area contributed by atoms with Crippen LogP contribution in [-0.2, 0) is 11.3 Å². The van der Waals surface area contributed by atoms with Crippen LogP contribution in [0.2, 0.25) is 0 Å². The highest BCUT2D eigenvalue weighted by Crippen LogP contribution is 2.24. The van der Waals surface area contributed by atoms with Gasteiger partial charge in [-0.2, -0.15) is 0 Å². The molecule has 1 fully saturated rings. The maximum Gasteiger partial charge on any atom is 0.229 e. The normalized spacial score (nSPS) is 16.8. The summed E-state index contributed by atoms with van der Waals surface area (Å²) in [4.78, 5) is 23.9. The van der Waals surface area contributed by atoms with Gasteiger partial charge >= 0.3 is 0 Å². The van der Waals surface area contributed by atoms with Gasteiger partial charge in [0.2, 0.25) is 5.91 Å². The van der Waals surface area contributed by atoms with Crippen molar-refractivity contribution in [2.75, 3.05) is 23.3 Å². The van der Waals surface area contributed by atoms with Gasteiger partial charge in [-0.1, -0.05) is 24.3 Å². The number of imidazole rings is 1. The first kappa shape index (κ1) is 18.2. The Morgan fingerprint density at radius 3 is 2.79 bits per heavy atom. The number of carbonyl (C=O) groups is 1. The van der Waals surface area contributed by atoms with Crippen molar-refractivity contribution < 1.29 is 4.79 Å². The zero-order valence-corrected chi connectivity index (χ0v) is 16.1. The summed E-state index contributed by atoms with van der Waals surface area (Å²) < 4.78 is 2.08. The van der Waals surface area contributed by atoms with E-state index < -0.39 is 0 Å². The van der Waals surface area contributed by atoms with E-state index in [0.29, 0.717) is 13.1 Å². The number of benzene rings is 1. The fraction of sp³-hybridized carbons (Fsp3) is 0.318. The van der Waals surface area contributed by atoms with Crippen LogP contribution in [0, 0.1) is 12.8 Å². The Morgan fingerprint density at radius 2 is 2.00 bits per heavy atom. The van der Waals surface area contributed by atoms with Crippen LogP contribution in [0.4, 0.5) is 11.5 Å². The van der Waals surface area contributed by atoms with Gasteiger partial charge in [-0.25, -0.2) is 9.97 Å². The van der Waals surface area contributed by atoms with E-state index in [1.54, 1.807) is 12.4 Å². The van der Waals surface area contributed by atoms with Crippen LogP contribution in [0.25, 0.3) is 0 Å². The summed E-state index contributed by atoms with van der Waals surface area (Å²) in [5, 5.41) is 3.16. The van der Waals surface area contributed by atoms with Gasteiger partial charge in [-0.15, -0.1) is 0 Å². The average molecular weight is 375 g/mol. The molecule has 4 rings (SSSR count). The van der Waals surface area contributed by atoms with Crippen LogP contribution in [-0.4, -0.2) is 33.5 Å². The summed E-state index contributed by atoms with van der Waals surface area (Å²) >= 11 is 0. The Bertz CT molecular complexity index is 937. The van der Waals surface area contributed by atoms with E-state index in [4.69, 9.17) is 0 Å². The van der Waals surface area contributed by atoms with E-state index in [9.17, 15) is 4.79 Å². The van der Waals surface area contributed by atoms with Gasteiger partial charge in [0, 0.05) is 37.4 Å². The molecule has 144 valence electrons. The molecule has 1 amide bonds.